The van der Waals surface area contributed by atoms with E-state index in [1.54, 1.807) is 66.7 Å². The number of hydrogen-bond donors (Lipinski definition) is 3. The molecule has 1 atom stereocenters. The van der Waals surface area contributed by atoms with Crippen LogP contribution in [0.15, 0.2) is 95.5 Å². The van der Waals surface area contributed by atoms with E-state index >= 15 is 0 Å². The second-order valence-corrected chi connectivity index (χ2v) is 11.4. The van der Waals surface area contributed by atoms with Crippen molar-refractivity contribution in [2.24, 2.45) is 0 Å². The lowest BCUT2D eigenvalue weighted by Crippen LogP contribution is -2.30. The van der Waals surface area contributed by atoms with Gasteiger partial charge in [-0.3, -0.25) is 14.4 Å². The number of carbonyl (C=O) groups excluding carboxylic acids is 3. The Kier molecular flexibility index (Phi) is 10.6. The molecule has 1 unspecified atom stereocenters. The van der Waals surface area contributed by atoms with Crippen LogP contribution >= 0.6 is 11.8 Å². The number of benzene rings is 4. The Morgan fingerprint density at radius 2 is 1.44 bits per heavy atom. The summed E-state index contributed by atoms with van der Waals surface area (Å²) in [6, 6.07) is 22.2. The third-order valence-electron chi connectivity index (χ3n) is 6.38. The zero-order valence-electron chi connectivity index (χ0n) is 24.3. The summed E-state index contributed by atoms with van der Waals surface area (Å²) in [5.41, 5.74) is 1.03. The number of nitrogens with zero attached hydrogens (tertiary/aromatic N) is 1. The minimum Gasteiger partial charge on any atom is -0.378 e. The lowest BCUT2D eigenvalue weighted by molar-refractivity contribution is -0.115. The summed E-state index contributed by atoms with van der Waals surface area (Å²) in [5, 5.41) is 6.33. The predicted molar refractivity (Wildman–Crippen MR) is 168 cm³/mol. The molecular weight excluding hydrogens is 608 g/mol. The van der Waals surface area contributed by atoms with Crippen molar-refractivity contribution in [3.63, 3.8) is 0 Å². The highest BCUT2D eigenvalue weighted by Crippen LogP contribution is 2.29. The first-order valence-corrected chi connectivity index (χ1v) is 14.4. The van der Waals surface area contributed by atoms with Gasteiger partial charge < -0.3 is 20.9 Å². The van der Waals surface area contributed by atoms with Crippen LogP contribution in [-0.4, -0.2) is 37.1 Å². The van der Waals surface area contributed by atoms with Gasteiger partial charge in [0.15, 0.2) is 23.3 Å². The molecule has 0 aromatic heterocycles. The van der Waals surface area contributed by atoms with E-state index < -0.39 is 51.9 Å². The zero-order chi connectivity index (χ0) is 32.7. The highest BCUT2D eigenvalue weighted by atomic mass is 32.2. The molecule has 7 nitrogen and oxygen atoms in total. The third kappa shape index (κ3) is 8.51. The molecule has 4 aromatic carbocycles. The highest BCUT2D eigenvalue weighted by Gasteiger charge is 2.24. The molecule has 232 valence electrons. The maximum atomic E-state index is 14.0. The topological polar surface area (TPSA) is 90.5 Å². The summed E-state index contributed by atoms with van der Waals surface area (Å²) < 4.78 is 55.1. The van der Waals surface area contributed by atoms with Crippen molar-refractivity contribution in [1.29, 1.82) is 0 Å². The van der Waals surface area contributed by atoms with E-state index in [4.69, 9.17) is 0 Å². The van der Waals surface area contributed by atoms with Crippen molar-refractivity contribution >= 4 is 52.6 Å². The number of carbonyl (C=O) groups is 3. The third-order valence-corrected chi connectivity index (χ3v) is 7.48. The van der Waals surface area contributed by atoms with E-state index in [2.05, 4.69) is 10.6 Å². The van der Waals surface area contributed by atoms with E-state index in [-0.39, 0.29) is 11.8 Å². The van der Waals surface area contributed by atoms with Crippen molar-refractivity contribution < 1.29 is 31.9 Å². The second-order valence-electron chi connectivity index (χ2n) is 9.94. The molecule has 4 rings (SSSR count). The quantitative estimate of drug-likeness (QED) is 0.0768. The minimum absolute atomic E-state index is 0.0290. The minimum atomic E-state index is -1.72. The van der Waals surface area contributed by atoms with Crippen LogP contribution in [0, 0.1) is 23.3 Å². The number of rotatable bonds is 10. The molecule has 3 N–H and O–H groups in total. The van der Waals surface area contributed by atoms with Crippen LogP contribution in [0.3, 0.4) is 0 Å². The molecule has 12 heteroatoms. The van der Waals surface area contributed by atoms with Gasteiger partial charge in [-0.2, -0.15) is 0 Å². The first-order chi connectivity index (χ1) is 21.4. The molecule has 0 spiro atoms. The van der Waals surface area contributed by atoms with Crippen LogP contribution in [0.1, 0.15) is 22.8 Å². The predicted octanol–water partition coefficient (Wildman–Crippen LogP) is 6.84. The largest absolute Gasteiger partial charge is 0.378 e. The van der Waals surface area contributed by atoms with E-state index in [1.807, 2.05) is 36.4 Å². The Morgan fingerprint density at radius 1 is 0.800 bits per heavy atom. The smallest absolute Gasteiger partial charge is 0.272 e. The molecule has 4 aromatic rings. The van der Waals surface area contributed by atoms with Crippen LogP contribution in [0.25, 0.3) is 6.08 Å². The zero-order valence-corrected chi connectivity index (χ0v) is 25.1. The van der Waals surface area contributed by atoms with Gasteiger partial charge in [0.25, 0.3) is 11.8 Å². The number of amides is 3. The molecule has 0 aliphatic rings. The molecule has 0 heterocycles. The van der Waals surface area contributed by atoms with Crippen LogP contribution in [0.2, 0.25) is 0 Å². The maximum Gasteiger partial charge on any atom is 0.272 e. The van der Waals surface area contributed by atoms with Gasteiger partial charge in [0, 0.05) is 42.0 Å². The summed E-state index contributed by atoms with van der Waals surface area (Å²) in [7, 11) is 3.79. The van der Waals surface area contributed by atoms with E-state index in [1.165, 1.54) is 13.0 Å². The van der Waals surface area contributed by atoms with Gasteiger partial charge in [-0.1, -0.05) is 36.4 Å². The lowest BCUT2D eigenvalue weighted by atomic mass is 10.1. The number of nitrogens with one attached hydrogen (secondary N) is 3. The summed E-state index contributed by atoms with van der Waals surface area (Å²) in [4.78, 5) is 41.4. The van der Waals surface area contributed by atoms with Gasteiger partial charge in [-0.25, -0.2) is 17.6 Å². The molecule has 0 aliphatic heterocycles. The van der Waals surface area contributed by atoms with Gasteiger partial charge in [0.2, 0.25) is 5.91 Å². The average molecular weight is 637 g/mol. The average Bonchev–Trinajstić information content (AvgIpc) is 3.02. The Hall–Kier alpha value is -5.10. The summed E-state index contributed by atoms with van der Waals surface area (Å²) in [5.74, 6) is -8.76. The summed E-state index contributed by atoms with van der Waals surface area (Å²) in [6.45, 7) is 1.43. The summed E-state index contributed by atoms with van der Waals surface area (Å²) >= 11 is 0.971. The first kappa shape index (κ1) is 32.8. The first-order valence-electron chi connectivity index (χ1n) is 13.5. The fraction of sp³-hybridized carbons (Fsp3) is 0.121. The van der Waals surface area contributed by atoms with Crippen LogP contribution in [0.4, 0.5) is 34.6 Å². The van der Waals surface area contributed by atoms with E-state index in [0.29, 0.717) is 21.7 Å². The van der Waals surface area contributed by atoms with Crippen molar-refractivity contribution in [3.8, 4) is 0 Å². The molecule has 0 radical (unpaired) electrons. The molecule has 3 amide bonds. The second kappa shape index (κ2) is 14.6. The van der Waals surface area contributed by atoms with Gasteiger partial charge in [-0.15, -0.1) is 11.8 Å². The molecule has 0 saturated carbocycles. The SMILES string of the molecule is CC(Sc1cccc(NC(=O)/C(=C\c2ccc(N(C)C)cc2)NC(=O)c2ccccc2)c1)C(=O)Nc1c(F)c(F)cc(F)c1F. The number of hydrogen-bond acceptors (Lipinski definition) is 5. The fourth-order valence-corrected chi connectivity index (χ4v) is 4.92. The molecule has 0 bridgehead atoms. The van der Waals surface area contributed by atoms with Crippen molar-refractivity contribution in [3.05, 3.63) is 125 Å². The Bertz CT molecular complexity index is 1720. The molecular formula is C33H28F4N4O3S. The van der Waals surface area contributed by atoms with Gasteiger partial charge in [0.05, 0.1) is 5.25 Å². The molecule has 0 fully saturated rings. The normalized spacial score (nSPS) is 11.8. The van der Waals surface area contributed by atoms with Crippen molar-refractivity contribution in [2.75, 3.05) is 29.6 Å². The maximum absolute atomic E-state index is 14.0. The number of thioether (sulfide) groups is 1. The Morgan fingerprint density at radius 3 is 2.07 bits per heavy atom. The number of halogens is 4. The standard InChI is InChI=1S/C33H28F4N4O3S/c1-19(31(42)40-30-28(36)25(34)18-26(35)29(30)37)45-24-11-7-10-22(17-24)38-33(44)27(39-32(43)21-8-5-4-6-9-21)16-20-12-14-23(15-13-20)41(2)3/h4-19H,1-3H3,(H,38,44)(H,39,43)(H,40,42)/b27-16+. The Labute approximate surface area is 261 Å². The van der Waals surface area contributed by atoms with E-state index in [9.17, 15) is 31.9 Å². The van der Waals surface area contributed by atoms with Gasteiger partial charge >= 0.3 is 0 Å². The highest BCUT2D eigenvalue weighted by molar-refractivity contribution is 8.00. The molecule has 0 aliphatic carbocycles. The monoisotopic (exact) mass is 636 g/mol. The van der Waals surface area contributed by atoms with Gasteiger partial charge in [-0.05, 0) is 61.0 Å². The molecule has 45 heavy (non-hydrogen) atoms. The van der Waals surface area contributed by atoms with Crippen LogP contribution in [-0.2, 0) is 9.59 Å². The Balaban J connectivity index is 1.51. The van der Waals surface area contributed by atoms with E-state index in [0.717, 1.165) is 17.4 Å². The number of anilines is 3. The van der Waals surface area contributed by atoms with Gasteiger partial charge in [0.1, 0.15) is 11.4 Å². The van der Waals surface area contributed by atoms with Crippen molar-refractivity contribution in [2.45, 2.75) is 17.1 Å². The lowest BCUT2D eigenvalue weighted by Gasteiger charge is -2.15. The summed E-state index contributed by atoms with van der Waals surface area (Å²) in [6.07, 6.45) is 1.54. The van der Waals surface area contributed by atoms with Crippen LogP contribution < -0.4 is 20.9 Å². The molecule has 0 saturated heterocycles. The van der Waals surface area contributed by atoms with Crippen LogP contribution in [0.5, 0.6) is 0 Å². The fourth-order valence-electron chi connectivity index (χ4n) is 3.99. The van der Waals surface area contributed by atoms with Crippen molar-refractivity contribution in [1.82, 2.24) is 5.32 Å².